The summed E-state index contributed by atoms with van der Waals surface area (Å²) in [5, 5.41) is 9.57. The molecule has 0 saturated heterocycles. The number of hydrogen-bond acceptors (Lipinski definition) is 5. The van der Waals surface area contributed by atoms with E-state index in [0.29, 0.717) is 12.1 Å². The number of fused-ring (bicyclic) bond motifs is 1. The summed E-state index contributed by atoms with van der Waals surface area (Å²) in [5.41, 5.74) is 1.46. The smallest absolute Gasteiger partial charge is 0.323 e. The standard InChI is InChI=1S/C19H18N2O5S/c22-13-20(26-12-14-6-2-1-3-7-14)10-17-19(25)21(11-18(23)24)15-8-4-5-9-16(15)27-17/h1-9,13,17H,10-12H2,(H,23,24). The summed E-state index contributed by atoms with van der Waals surface area (Å²) in [6.07, 6.45) is 0.527. The van der Waals surface area contributed by atoms with Gasteiger partial charge in [0.25, 0.3) is 0 Å². The van der Waals surface area contributed by atoms with Crippen molar-refractivity contribution in [1.82, 2.24) is 5.06 Å². The molecule has 2 amide bonds. The van der Waals surface area contributed by atoms with E-state index in [-0.39, 0.29) is 19.1 Å². The molecule has 1 atom stereocenters. The lowest BCUT2D eigenvalue weighted by Gasteiger charge is -2.34. The van der Waals surface area contributed by atoms with Gasteiger partial charge in [-0.2, -0.15) is 0 Å². The maximum Gasteiger partial charge on any atom is 0.323 e. The normalized spacial score (nSPS) is 15.9. The Morgan fingerprint density at radius 2 is 1.89 bits per heavy atom. The van der Waals surface area contributed by atoms with Crippen LogP contribution < -0.4 is 4.90 Å². The van der Waals surface area contributed by atoms with E-state index >= 15 is 0 Å². The zero-order valence-electron chi connectivity index (χ0n) is 14.4. The van der Waals surface area contributed by atoms with E-state index in [1.807, 2.05) is 42.5 Å². The number of para-hydroxylation sites is 1. The molecular weight excluding hydrogens is 368 g/mol. The maximum atomic E-state index is 12.8. The quantitative estimate of drug-likeness (QED) is 0.553. The molecule has 27 heavy (non-hydrogen) atoms. The molecule has 1 N–H and O–H groups in total. The van der Waals surface area contributed by atoms with Gasteiger partial charge < -0.3 is 5.11 Å². The molecule has 1 aliphatic rings. The van der Waals surface area contributed by atoms with Gasteiger partial charge in [-0.3, -0.25) is 24.1 Å². The molecule has 2 aromatic rings. The van der Waals surface area contributed by atoms with Gasteiger partial charge in [-0.05, 0) is 17.7 Å². The Labute approximate surface area is 160 Å². The third-order valence-corrected chi connectivity index (χ3v) is 5.20. The molecular formula is C19H18N2O5S. The zero-order valence-corrected chi connectivity index (χ0v) is 15.2. The lowest BCUT2D eigenvalue weighted by Crippen LogP contribution is -2.47. The number of benzene rings is 2. The highest BCUT2D eigenvalue weighted by Gasteiger charge is 2.35. The van der Waals surface area contributed by atoms with Crippen LogP contribution in [0.2, 0.25) is 0 Å². The molecule has 0 fully saturated rings. The summed E-state index contributed by atoms with van der Waals surface area (Å²) in [6, 6.07) is 16.5. The van der Waals surface area contributed by atoms with Crippen LogP contribution in [0, 0.1) is 0 Å². The van der Waals surface area contributed by atoms with Crippen molar-refractivity contribution in [3.63, 3.8) is 0 Å². The number of rotatable bonds is 8. The third kappa shape index (κ3) is 4.66. The predicted octanol–water partition coefficient (Wildman–Crippen LogP) is 2.17. The van der Waals surface area contributed by atoms with E-state index in [9.17, 15) is 14.4 Å². The molecule has 1 unspecified atom stereocenters. The van der Waals surface area contributed by atoms with Crippen LogP contribution in [-0.2, 0) is 25.8 Å². The van der Waals surface area contributed by atoms with Crippen molar-refractivity contribution < 1.29 is 24.3 Å². The Morgan fingerprint density at radius 1 is 1.19 bits per heavy atom. The van der Waals surface area contributed by atoms with Crippen LogP contribution in [0.25, 0.3) is 0 Å². The van der Waals surface area contributed by atoms with Gasteiger partial charge in [0.05, 0.1) is 12.2 Å². The molecule has 0 radical (unpaired) electrons. The molecule has 1 heterocycles. The zero-order chi connectivity index (χ0) is 19.2. The van der Waals surface area contributed by atoms with Crippen molar-refractivity contribution >= 4 is 35.7 Å². The molecule has 0 aliphatic carbocycles. The third-order valence-electron chi connectivity index (χ3n) is 3.96. The number of thioether (sulfide) groups is 1. The highest BCUT2D eigenvalue weighted by atomic mass is 32.2. The van der Waals surface area contributed by atoms with Crippen LogP contribution in [0.1, 0.15) is 5.56 Å². The van der Waals surface area contributed by atoms with E-state index < -0.39 is 17.8 Å². The minimum absolute atomic E-state index is 0.0181. The first-order valence-electron chi connectivity index (χ1n) is 8.26. The number of hydrogen-bond donors (Lipinski definition) is 1. The molecule has 140 valence electrons. The van der Waals surface area contributed by atoms with Gasteiger partial charge in [0.2, 0.25) is 12.3 Å². The van der Waals surface area contributed by atoms with Gasteiger partial charge in [0.15, 0.2) is 0 Å². The first kappa shape index (κ1) is 18.9. The van der Waals surface area contributed by atoms with Crippen molar-refractivity contribution in [3.05, 3.63) is 60.2 Å². The minimum atomic E-state index is -1.10. The fourth-order valence-electron chi connectivity index (χ4n) is 2.71. The second-order valence-electron chi connectivity index (χ2n) is 5.86. The summed E-state index contributed by atoms with van der Waals surface area (Å²) in [4.78, 5) is 42.9. The summed E-state index contributed by atoms with van der Waals surface area (Å²) in [5.74, 6) is -1.47. The Bertz CT molecular complexity index is 830. The highest BCUT2D eigenvalue weighted by molar-refractivity contribution is 8.01. The molecule has 0 saturated carbocycles. The predicted molar refractivity (Wildman–Crippen MR) is 100 cm³/mol. The first-order valence-corrected chi connectivity index (χ1v) is 9.14. The lowest BCUT2D eigenvalue weighted by atomic mass is 10.2. The largest absolute Gasteiger partial charge is 0.480 e. The number of carbonyl (C=O) groups excluding carboxylic acids is 2. The summed E-state index contributed by atoms with van der Waals surface area (Å²) in [7, 11) is 0. The van der Waals surface area contributed by atoms with Gasteiger partial charge in [-0.25, -0.2) is 5.06 Å². The second-order valence-corrected chi connectivity index (χ2v) is 7.10. The molecule has 1 aliphatic heterocycles. The van der Waals surface area contributed by atoms with Crippen LogP contribution in [0.4, 0.5) is 5.69 Å². The van der Waals surface area contributed by atoms with E-state index in [1.165, 1.54) is 16.7 Å². The Hall–Kier alpha value is -2.84. The topological polar surface area (TPSA) is 87.2 Å². The van der Waals surface area contributed by atoms with Crippen molar-refractivity contribution in [3.8, 4) is 0 Å². The number of aliphatic carboxylic acids is 1. The number of amides is 2. The number of anilines is 1. The molecule has 8 heteroatoms. The summed E-state index contributed by atoms with van der Waals surface area (Å²) in [6.45, 7) is -0.219. The van der Waals surface area contributed by atoms with E-state index in [4.69, 9.17) is 9.94 Å². The van der Waals surface area contributed by atoms with Gasteiger partial charge in [0, 0.05) is 4.90 Å². The molecule has 3 rings (SSSR count). The molecule has 2 aromatic carbocycles. The van der Waals surface area contributed by atoms with E-state index in [1.54, 1.807) is 12.1 Å². The van der Waals surface area contributed by atoms with E-state index in [0.717, 1.165) is 15.5 Å². The van der Waals surface area contributed by atoms with Gasteiger partial charge in [-0.1, -0.05) is 42.5 Å². The lowest BCUT2D eigenvalue weighted by molar-refractivity contribution is -0.177. The SMILES string of the molecule is O=CN(CC1Sc2ccccc2N(CC(=O)O)C1=O)OCc1ccccc1. The fraction of sp³-hybridized carbons (Fsp3) is 0.211. The fourth-order valence-corrected chi connectivity index (χ4v) is 3.92. The second kappa shape index (κ2) is 8.70. The van der Waals surface area contributed by atoms with Crippen molar-refractivity contribution in [2.24, 2.45) is 0 Å². The maximum absolute atomic E-state index is 12.8. The number of carboxylic acids is 1. The Morgan fingerprint density at radius 3 is 2.59 bits per heavy atom. The Balaban J connectivity index is 1.72. The molecule has 7 nitrogen and oxygen atoms in total. The van der Waals surface area contributed by atoms with Gasteiger partial charge in [-0.15, -0.1) is 11.8 Å². The van der Waals surface area contributed by atoms with Crippen LogP contribution in [-0.4, -0.2) is 46.8 Å². The van der Waals surface area contributed by atoms with Gasteiger partial charge in [0.1, 0.15) is 18.4 Å². The van der Waals surface area contributed by atoms with Crippen LogP contribution in [0.3, 0.4) is 0 Å². The number of nitrogens with zero attached hydrogens (tertiary/aromatic N) is 2. The van der Waals surface area contributed by atoms with Crippen molar-refractivity contribution in [2.45, 2.75) is 16.8 Å². The van der Waals surface area contributed by atoms with Crippen LogP contribution in [0.5, 0.6) is 0 Å². The van der Waals surface area contributed by atoms with Crippen molar-refractivity contribution in [1.29, 1.82) is 0 Å². The Kier molecular flexibility index (Phi) is 6.10. The van der Waals surface area contributed by atoms with Crippen LogP contribution in [0.15, 0.2) is 59.5 Å². The molecule has 0 aromatic heterocycles. The van der Waals surface area contributed by atoms with E-state index in [2.05, 4.69) is 0 Å². The monoisotopic (exact) mass is 386 g/mol. The van der Waals surface area contributed by atoms with Crippen molar-refractivity contribution in [2.75, 3.05) is 18.0 Å². The number of carbonyl (C=O) groups is 3. The summed E-state index contributed by atoms with van der Waals surface area (Å²) >= 11 is 1.30. The minimum Gasteiger partial charge on any atom is -0.480 e. The molecule has 0 bridgehead atoms. The summed E-state index contributed by atoms with van der Waals surface area (Å²) < 4.78 is 0. The number of hydroxylamine groups is 2. The van der Waals surface area contributed by atoms with Crippen LogP contribution >= 0.6 is 11.8 Å². The first-order chi connectivity index (χ1) is 13.1. The number of carboxylic acid groups (broad SMARTS) is 1. The average Bonchev–Trinajstić information content (AvgIpc) is 2.68. The average molecular weight is 386 g/mol. The molecule has 0 spiro atoms. The highest BCUT2D eigenvalue weighted by Crippen LogP contribution is 2.39. The van der Waals surface area contributed by atoms with Gasteiger partial charge >= 0.3 is 5.97 Å².